The minimum Gasteiger partial charge on any atom is -0.466 e. The van der Waals surface area contributed by atoms with Crippen molar-refractivity contribution >= 4 is 19.7 Å². The number of alkyl halides is 3. The summed E-state index contributed by atoms with van der Waals surface area (Å²) in [6.07, 6.45) is -1.19. The highest BCUT2D eigenvalue weighted by atomic mass is 28.3. The monoisotopic (exact) mass is 505 g/mol. The van der Waals surface area contributed by atoms with Crippen LogP contribution < -0.4 is 10.5 Å². The van der Waals surface area contributed by atoms with Crippen molar-refractivity contribution in [1.82, 2.24) is 9.78 Å². The smallest absolute Gasteiger partial charge is 0.423 e. The van der Waals surface area contributed by atoms with Crippen LogP contribution in [-0.4, -0.2) is 63.3 Å². The Hall–Kier alpha value is -2.18. The summed E-state index contributed by atoms with van der Waals surface area (Å²) in [7, 11) is -0.104. The van der Waals surface area contributed by atoms with Gasteiger partial charge in [-0.15, -0.1) is 0 Å². The number of ether oxygens (including phenoxy) is 3. The van der Waals surface area contributed by atoms with Gasteiger partial charge in [-0.2, -0.15) is 18.3 Å². The third-order valence-electron chi connectivity index (χ3n) is 5.41. The van der Waals surface area contributed by atoms with E-state index in [1.165, 1.54) is 18.1 Å². The molecule has 192 valence electrons. The molecule has 2 heterocycles. The third kappa shape index (κ3) is 8.24. The lowest BCUT2D eigenvalue weighted by molar-refractivity contribution is -0.139. The maximum absolute atomic E-state index is 13.9. The minimum atomic E-state index is -4.84. The van der Waals surface area contributed by atoms with Crippen molar-refractivity contribution in [2.24, 2.45) is 0 Å². The molecule has 0 bridgehead atoms. The van der Waals surface area contributed by atoms with E-state index >= 15 is 0 Å². The molecular weight excluding hydrogens is 471 g/mol. The standard InChI is InChI=1S/C22H34F3N3O5Si/c1-16(11-19(29)31-2)13-33-14-17-7-6-8-27(17)18-12-26-28(15-32-9-10-34(3,4)5)21(30)20(18)22(23,24)25/h11-12,17H,6-10,13-15H2,1-5H3/b16-11+/t17-/m0/s1. The second-order valence-corrected chi connectivity index (χ2v) is 15.2. The lowest BCUT2D eigenvalue weighted by Crippen LogP contribution is -2.39. The fraction of sp³-hybridized carbons (Fsp3) is 0.682. The van der Waals surface area contributed by atoms with Gasteiger partial charge >= 0.3 is 12.1 Å². The number of aromatic nitrogens is 2. The molecule has 0 radical (unpaired) electrons. The van der Waals surface area contributed by atoms with Crippen molar-refractivity contribution in [1.29, 1.82) is 0 Å². The Bertz CT molecular complexity index is 928. The van der Waals surface area contributed by atoms with Crippen LogP contribution in [0.15, 0.2) is 22.6 Å². The largest absolute Gasteiger partial charge is 0.466 e. The number of methoxy groups -OCH3 is 1. The quantitative estimate of drug-likeness (QED) is 0.196. The second-order valence-electron chi connectivity index (χ2n) is 9.57. The van der Waals surface area contributed by atoms with Crippen LogP contribution in [0, 0.1) is 0 Å². The second kappa shape index (κ2) is 12.0. The van der Waals surface area contributed by atoms with Crippen LogP contribution in [0.4, 0.5) is 18.9 Å². The lowest BCUT2D eigenvalue weighted by Gasteiger charge is -2.29. The van der Waals surface area contributed by atoms with Gasteiger partial charge in [-0.1, -0.05) is 19.6 Å². The van der Waals surface area contributed by atoms with E-state index in [-0.39, 0.29) is 31.7 Å². The van der Waals surface area contributed by atoms with Gasteiger partial charge in [0.15, 0.2) is 0 Å². The molecule has 0 unspecified atom stereocenters. The van der Waals surface area contributed by atoms with Crippen LogP contribution in [0.2, 0.25) is 25.7 Å². The number of esters is 1. The van der Waals surface area contributed by atoms with Gasteiger partial charge in [0.2, 0.25) is 0 Å². The molecule has 0 aliphatic carbocycles. The van der Waals surface area contributed by atoms with E-state index in [1.807, 2.05) is 0 Å². The van der Waals surface area contributed by atoms with Gasteiger partial charge in [-0.25, -0.2) is 9.48 Å². The van der Waals surface area contributed by atoms with Gasteiger partial charge in [0, 0.05) is 27.3 Å². The zero-order chi connectivity index (χ0) is 25.5. The summed E-state index contributed by atoms with van der Waals surface area (Å²) >= 11 is 0. The van der Waals surface area contributed by atoms with E-state index in [2.05, 4.69) is 29.5 Å². The lowest BCUT2D eigenvalue weighted by atomic mass is 10.2. The first-order valence-electron chi connectivity index (χ1n) is 11.2. The molecule has 0 spiro atoms. The summed E-state index contributed by atoms with van der Waals surface area (Å²) in [5.41, 5.74) is -2.08. The van der Waals surface area contributed by atoms with Gasteiger partial charge in [0.1, 0.15) is 12.3 Å². The number of halogens is 3. The number of carbonyl (C=O) groups excluding carboxylic acids is 1. The Morgan fingerprint density at radius 2 is 2.00 bits per heavy atom. The summed E-state index contributed by atoms with van der Waals surface area (Å²) in [5, 5.41) is 3.96. The molecule has 1 aliphatic rings. The summed E-state index contributed by atoms with van der Waals surface area (Å²) < 4.78 is 58.2. The number of anilines is 1. The molecule has 2 rings (SSSR count). The molecule has 1 aliphatic heterocycles. The first-order valence-corrected chi connectivity index (χ1v) is 14.9. The van der Waals surface area contributed by atoms with E-state index < -0.39 is 31.3 Å². The van der Waals surface area contributed by atoms with Gasteiger partial charge in [0.25, 0.3) is 5.56 Å². The maximum atomic E-state index is 13.9. The van der Waals surface area contributed by atoms with Crippen LogP contribution in [0.5, 0.6) is 0 Å². The molecule has 1 saturated heterocycles. The Balaban J connectivity index is 2.16. The van der Waals surface area contributed by atoms with Crippen LogP contribution in [0.1, 0.15) is 25.3 Å². The molecule has 0 aromatic carbocycles. The first-order chi connectivity index (χ1) is 15.8. The molecular formula is C22H34F3N3O5Si. The zero-order valence-electron chi connectivity index (χ0n) is 20.4. The fourth-order valence-electron chi connectivity index (χ4n) is 3.57. The van der Waals surface area contributed by atoms with E-state index in [9.17, 15) is 22.8 Å². The normalized spacial score (nSPS) is 17.4. The SMILES string of the molecule is COC(=O)/C=C(\C)COC[C@@H]1CCCN1c1cnn(COCC[Si](C)(C)C)c(=O)c1C(F)(F)F. The molecule has 1 aromatic heterocycles. The number of hydrogen-bond acceptors (Lipinski definition) is 7. The number of hydrogen-bond donors (Lipinski definition) is 0. The highest BCUT2D eigenvalue weighted by Gasteiger charge is 2.41. The summed E-state index contributed by atoms with van der Waals surface area (Å²) in [5.74, 6) is -0.505. The van der Waals surface area contributed by atoms with E-state index in [0.29, 0.717) is 31.6 Å². The number of nitrogens with zero attached hydrogens (tertiary/aromatic N) is 3. The predicted molar refractivity (Wildman–Crippen MR) is 125 cm³/mol. The molecule has 1 aromatic rings. The molecule has 12 heteroatoms. The number of carbonyl (C=O) groups is 1. The summed E-state index contributed by atoms with van der Waals surface area (Å²) in [6, 6.07) is 0.479. The van der Waals surface area contributed by atoms with Crippen molar-refractivity contribution in [3.8, 4) is 0 Å². The fourth-order valence-corrected chi connectivity index (χ4v) is 4.33. The molecule has 34 heavy (non-hydrogen) atoms. The Kier molecular flexibility index (Phi) is 9.89. The summed E-state index contributed by atoms with van der Waals surface area (Å²) in [6.45, 7) is 8.84. The van der Waals surface area contributed by atoms with E-state index in [1.54, 1.807) is 6.92 Å². The topological polar surface area (TPSA) is 82.9 Å². The molecule has 1 atom stereocenters. The van der Waals surface area contributed by atoms with E-state index in [4.69, 9.17) is 9.47 Å². The predicted octanol–water partition coefficient (Wildman–Crippen LogP) is 3.68. The third-order valence-corrected chi connectivity index (χ3v) is 7.11. The minimum absolute atomic E-state index is 0.139. The van der Waals surface area contributed by atoms with Crippen LogP contribution in [0.3, 0.4) is 0 Å². The Morgan fingerprint density at radius 1 is 1.29 bits per heavy atom. The molecule has 8 nitrogen and oxygen atoms in total. The van der Waals surface area contributed by atoms with Gasteiger partial charge < -0.3 is 19.1 Å². The average molecular weight is 506 g/mol. The van der Waals surface area contributed by atoms with Crippen molar-refractivity contribution in [2.75, 3.05) is 38.4 Å². The van der Waals surface area contributed by atoms with Gasteiger partial charge in [-0.3, -0.25) is 4.79 Å². The molecule has 0 N–H and O–H groups in total. The van der Waals surface area contributed by atoms with Crippen LogP contribution in [-0.2, 0) is 31.9 Å². The maximum Gasteiger partial charge on any atom is 0.423 e. The first kappa shape index (κ1) is 28.1. The van der Waals surface area contributed by atoms with Crippen LogP contribution >= 0.6 is 0 Å². The van der Waals surface area contributed by atoms with E-state index in [0.717, 1.165) is 16.9 Å². The Morgan fingerprint density at radius 3 is 2.62 bits per heavy atom. The van der Waals surface area contributed by atoms with Gasteiger partial charge in [-0.05, 0) is 31.4 Å². The highest BCUT2D eigenvalue weighted by Crippen LogP contribution is 2.36. The summed E-state index contributed by atoms with van der Waals surface area (Å²) in [4.78, 5) is 25.5. The highest BCUT2D eigenvalue weighted by molar-refractivity contribution is 6.76. The van der Waals surface area contributed by atoms with Crippen molar-refractivity contribution in [3.63, 3.8) is 0 Å². The van der Waals surface area contributed by atoms with Crippen molar-refractivity contribution < 1.29 is 32.2 Å². The number of rotatable bonds is 11. The molecule has 0 saturated carbocycles. The van der Waals surface area contributed by atoms with Crippen molar-refractivity contribution in [2.45, 2.75) is 64.4 Å². The van der Waals surface area contributed by atoms with Crippen molar-refractivity contribution in [3.05, 3.63) is 33.8 Å². The molecule has 0 amide bonds. The van der Waals surface area contributed by atoms with Crippen LogP contribution in [0.25, 0.3) is 0 Å². The average Bonchev–Trinajstić information content (AvgIpc) is 3.18. The van der Waals surface area contributed by atoms with Gasteiger partial charge in [0.05, 0.1) is 38.2 Å². The Labute approximate surface area is 198 Å². The zero-order valence-corrected chi connectivity index (χ0v) is 21.4. The molecule has 1 fully saturated rings.